The van der Waals surface area contributed by atoms with Crippen LogP contribution in [0.4, 0.5) is 11.5 Å². The number of aromatic nitrogens is 2. The van der Waals surface area contributed by atoms with Gasteiger partial charge in [-0.25, -0.2) is 4.79 Å². The number of carbonyl (C=O) groups is 1. The summed E-state index contributed by atoms with van der Waals surface area (Å²) in [5.74, 6) is -0.692. The van der Waals surface area contributed by atoms with Crippen molar-refractivity contribution in [1.82, 2.24) is 9.97 Å². The van der Waals surface area contributed by atoms with Gasteiger partial charge in [-0.05, 0) is 17.7 Å². The van der Waals surface area contributed by atoms with E-state index in [4.69, 9.17) is 5.11 Å². The maximum atomic E-state index is 11.1. The van der Waals surface area contributed by atoms with E-state index < -0.39 is 17.2 Å². The fraction of sp³-hybridized carbons (Fsp3) is 0.0833. The van der Waals surface area contributed by atoms with Crippen molar-refractivity contribution in [3.8, 4) is 0 Å². The van der Waals surface area contributed by atoms with Crippen LogP contribution in [0.1, 0.15) is 5.56 Å². The third-order valence-corrected chi connectivity index (χ3v) is 2.32. The molecule has 1 aromatic carbocycles. The Morgan fingerprint density at radius 2 is 2.00 bits per heavy atom. The highest BCUT2D eigenvalue weighted by Crippen LogP contribution is 2.14. The molecule has 4 N–H and O–H groups in total. The van der Waals surface area contributed by atoms with Gasteiger partial charge in [0.25, 0.3) is 5.56 Å². The highest BCUT2D eigenvalue weighted by atomic mass is 16.4. The van der Waals surface area contributed by atoms with E-state index in [0.717, 1.165) is 0 Å². The average Bonchev–Trinajstić information content (AvgIpc) is 2.26. The second-order valence-corrected chi connectivity index (χ2v) is 3.90. The van der Waals surface area contributed by atoms with Gasteiger partial charge >= 0.3 is 11.7 Å². The lowest BCUT2D eigenvalue weighted by Gasteiger charge is -2.06. The van der Waals surface area contributed by atoms with Crippen LogP contribution in [0, 0.1) is 0 Å². The Morgan fingerprint density at radius 1 is 1.21 bits per heavy atom. The summed E-state index contributed by atoms with van der Waals surface area (Å²) in [6.45, 7) is 0. The highest BCUT2D eigenvalue weighted by molar-refractivity contribution is 5.71. The zero-order valence-electron chi connectivity index (χ0n) is 9.77. The Kier molecular flexibility index (Phi) is 3.46. The van der Waals surface area contributed by atoms with Crippen LogP contribution >= 0.6 is 0 Å². The normalized spacial score (nSPS) is 10.1. The highest BCUT2D eigenvalue weighted by Gasteiger charge is 2.02. The summed E-state index contributed by atoms with van der Waals surface area (Å²) in [4.78, 5) is 37.3. The zero-order chi connectivity index (χ0) is 13.8. The van der Waals surface area contributed by atoms with Gasteiger partial charge in [0.05, 0.1) is 6.42 Å². The molecule has 0 spiro atoms. The zero-order valence-corrected chi connectivity index (χ0v) is 9.77. The number of nitrogens with one attached hydrogen (secondary N) is 3. The van der Waals surface area contributed by atoms with E-state index in [1.807, 2.05) is 4.98 Å². The third kappa shape index (κ3) is 3.56. The van der Waals surface area contributed by atoms with Gasteiger partial charge in [0.1, 0.15) is 5.82 Å². The van der Waals surface area contributed by atoms with Gasteiger partial charge in [0, 0.05) is 11.8 Å². The SMILES string of the molecule is O=C(O)Cc1cccc(Nc2cc(=O)[nH]c(=O)[nH]2)c1. The molecule has 0 saturated heterocycles. The number of carboxylic acids is 1. The summed E-state index contributed by atoms with van der Waals surface area (Å²) in [7, 11) is 0. The van der Waals surface area contributed by atoms with Crippen LogP contribution < -0.4 is 16.6 Å². The molecule has 0 aliphatic rings. The second-order valence-electron chi connectivity index (χ2n) is 3.90. The van der Waals surface area contributed by atoms with Crippen molar-refractivity contribution in [3.63, 3.8) is 0 Å². The Balaban J connectivity index is 2.25. The van der Waals surface area contributed by atoms with Crippen LogP contribution in [0.3, 0.4) is 0 Å². The minimum absolute atomic E-state index is 0.0958. The molecule has 0 aliphatic carbocycles. The van der Waals surface area contributed by atoms with Crippen LogP contribution in [0.2, 0.25) is 0 Å². The lowest BCUT2D eigenvalue weighted by atomic mass is 10.1. The molecule has 1 aromatic heterocycles. The molecule has 0 amide bonds. The van der Waals surface area contributed by atoms with Crippen molar-refractivity contribution < 1.29 is 9.90 Å². The summed E-state index contributed by atoms with van der Waals surface area (Å²) in [5, 5.41) is 11.5. The molecule has 7 heteroatoms. The summed E-state index contributed by atoms with van der Waals surface area (Å²) in [6, 6.07) is 7.90. The van der Waals surface area contributed by atoms with Crippen molar-refractivity contribution in [1.29, 1.82) is 0 Å². The first-order chi connectivity index (χ1) is 9.02. The minimum Gasteiger partial charge on any atom is -0.481 e. The molecule has 19 heavy (non-hydrogen) atoms. The topological polar surface area (TPSA) is 115 Å². The molecule has 0 atom stereocenters. The molecular weight excluding hydrogens is 250 g/mol. The van der Waals surface area contributed by atoms with Crippen LogP contribution in [-0.2, 0) is 11.2 Å². The number of carboxylic acid groups (broad SMARTS) is 1. The Hall–Kier alpha value is -2.83. The molecule has 1 heterocycles. The fourth-order valence-corrected chi connectivity index (χ4v) is 1.63. The van der Waals surface area contributed by atoms with Gasteiger partial charge in [0.15, 0.2) is 0 Å². The number of hydrogen-bond acceptors (Lipinski definition) is 4. The minimum atomic E-state index is -0.929. The number of aliphatic carboxylic acids is 1. The average molecular weight is 261 g/mol. The first-order valence-electron chi connectivity index (χ1n) is 5.44. The van der Waals surface area contributed by atoms with Crippen molar-refractivity contribution >= 4 is 17.5 Å². The number of rotatable bonds is 4. The van der Waals surface area contributed by atoms with E-state index in [1.54, 1.807) is 24.3 Å². The molecule has 0 saturated carbocycles. The standard InChI is InChI=1S/C12H11N3O4/c16-10-6-9(14-12(19)15-10)13-8-3-1-2-7(4-8)5-11(17)18/h1-4,6H,5H2,(H,17,18)(H3,13,14,15,16,19). The molecule has 0 fully saturated rings. The Morgan fingerprint density at radius 3 is 2.68 bits per heavy atom. The van der Waals surface area contributed by atoms with Crippen LogP contribution in [0.25, 0.3) is 0 Å². The van der Waals surface area contributed by atoms with Crippen molar-refractivity contribution in [2.45, 2.75) is 6.42 Å². The maximum absolute atomic E-state index is 11.1. The van der Waals surface area contributed by atoms with E-state index in [0.29, 0.717) is 11.3 Å². The second kappa shape index (κ2) is 5.21. The number of benzene rings is 1. The van der Waals surface area contributed by atoms with E-state index in [1.165, 1.54) is 6.07 Å². The number of H-pyrrole nitrogens is 2. The predicted molar refractivity (Wildman–Crippen MR) is 68.7 cm³/mol. The maximum Gasteiger partial charge on any atom is 0.327 e. The molecule has 98 valence electrons. The van der Waals surface area contributed by atoms with Crippen LogP contribution in [-0.4, -0.2) is 21.0 Å². The van der Waals surface area contributed by atoms with Gasteiger partial charge in [-0.2, -0.15) is 0 Å². The van der Waals surface area contributed by atoms with Gasteiger partial charge in [-0.15, -0.1) is 0 Å². The molecule has 2 aromatic rings. The number of anilines is 2. The van der Waals surface area contributed by atoms with Gasteiger partial charge in [-0.1, -0.05) is 12.1 Å². The van der Waals surface area contributed by atoms with E-state index >= 15 is 0 Å². The molecule has 0 unspecified atom stereocenters. The van der Waals surface area contributed by atoms with E-state index in [9.17, 15) is 14.4 Å². The van der Waals surface area contributed by atoms with Crippen molar-refractivity contribution in [2.75, 3.05) is 5.32 Å². The Labute approximate surface area is 106 Å². The number of hydrogen-bond donors (Lipinski definition) is 4. The summed E-state index contributed by atoms with van der Waals surface area (Å²) in [5.41, 5.74) is 0.0642. The smallest absolute Gasteiger partial charge is 0.327 e. The monoisotopic (exact) mass is 261 g/mol. The molecule has 0 aliphatic heterocycles. The molecule has 0 bridgehead atoms. The van der Waals surface area contributed by atoms with E-state index in [2.05, 4.69) is 10.3 Å². The van der Waals surface area contributed by atoms with E-state index in [-0.39, 0.29) is 12.2 Å². The lowest BCUT2D eigenvalue weighted by molar-refractivity contribution is -0.136. The molecule has 2 rings (SSSR count). The van der Waals surface area contributed by atoms with Crippen LogP contribution in [0.15, 0.2) is 39.9 Å². The number of aromatic amines is 2. The summed E-state index contributed by atoms with van der Waals surface area (Å²) < 4.78 is 0. The molecular formula is C12H11N3O4. The van der Waals surface area contributed by atoms with Gasteiger partial charge in [0.2, 0.25) is 0 Å². The quantitative estimate of drug-likeness (QED) is 0.637. The first kappa shape index (κ1) is 12.6. The third-order valence-electron chi connectivity index (χ3n) is 2.32. The Bertz CT molecular complexity index is 689. The van der Waals surface area contributed by atoms with Crippen LogP contribution in [0.5, 0.6) is 0 Å². The van der Waals surface area contributed by atoms with Gasteiger partial charge < -0.3 is 10.4 Å². The summed E-state index contributed by atoms with van der Waals surface area (Å²) in [6.07, 6.45) is -0.0958. The van der Waals surface area contributed by atoms with Crippen molar-refractivity contribution in [2.24, 2.45) is 0 Å². The molecule has 0 radical (unpaired) electrons. The van der Waals surface area contributed by atoms with Gasteiger partial charge in [-0.3, -0.25) is 19.6 Å². The fourth-order valence-electron chi connectivity index (χ4n) is 1.63. The first-order valence-corrected chi connectivity index (χ1v) is 5.44. The largest absolute Gasteiger partial charge is 0.481 e. The summed E-state index contributed by atoms with van der Waals surface area (Å²) >= 11 is 0. The van der Waals surface area contributed by atoms with Crippen molar-refractivity contribution in [3.05, 3.63) is 56.7 Å². The molecule has 7 nitrogen and oxygen atoms in total. The predicted octanol–water partition coefficient (Wildman–Crippen LogP) is 0.434. The lowest BCUT2D eigenvalue weighted by Crippen LogP contribution is -2.22.